The quantitative estimate of drug-likeness (QED) is 0.364. The molecule has 1 heterocycles. The predicted molar refractivity (Wildman–Crippen MR) is 152 cm³/mol. The summed E-state index contributed by atoms with van der Waals surface area (Å²) in [7, 11) is 0. The summed E-state index contributed by atoms with van der Waals surface area (Å²) in [4.78, 5) is 21.6. The number of benzene rings is 1. The molecule has 0 aliphatic heterocycles. The van der Waals surface area contributed by atoms with Gasteiger partial charge in [-0.05, 0) is 93.6 Å². The Hall–Kier alpha value is -3.34. The maximum absolute atomic E-state index is 12.5. The van der Waals surface area contributed by atoms with Gasteiger partial charge in [0.05, 0.1) is 6.20 Å². The molecule has 8 heteroatoms. The third-order valence-electron chi connectivity index (χ3n) is 8.46. The Morgan fingerprint density at radius 3 is 2.51 bits per heavy atom. The van der Waals surface area contributed by atoms with Crippen molar-refractivity contribution in [1.82, 2.24) is 15.3 Å². The second-order valence-corrected chi connectivity index (χ2v) is 13.1. The predicted octanol–water partition coefficient (Wildman–Crippen LogP) is 6.36. The molecule has 1 amide bonds. The number of fused-ring (bicyclic) bond motifs is 2. The average Bonchev–Trinajstić information content (AvgIpc) is 3.72. The van der Waals surface area contributed by atoms with E-state index in [1.54, 1.807) is 6.20 Å². The van der Waals surface area contributed by atoms with E-state index in [0.717, 1.165) is 32.2 Å². The summed E-state index contributed by atoms with van der Waals surface area (Å²) in [6, 6.07) is 11.0. The largest absolute Gasteiger partial charge is 0.444 e. The molecular weight excluding hydrogens is 488 g/mol. The molecule has 1 aromatic carbocycles. The second kappa shape index (κ2) is 11.0. The van der Waals surface area contributed by atoms with E-state index in [1.807, 2.05) is 20.8 Å². The van der Waals surface area contributed by atoms with Crippen LogP contribution >= 0.6 is 0 Å². The average molecular weight is 531 g/mol. The van der Waals surface area contributed by atoms with Gasteiger partial charge in [0.15, 0.2) is 0 Å². The molecule has 0 spiro atoms. The van der Waals surface area contributed by atoms with Crippen LogP contribution in [0.2, 0.25) is 0 Å². The Balaban J connectivity index is 1.22. The van der Waals surface area contributed by atoms with Gasteiger partial charge in [-0.25, -0.2) is 9.78 Å². The van der Waals surface area contributed by atoms with Crippen molar-refractivity contribution in [2.24, 2.45) is 17.3 Å². The molecule has 3 N–H and O–H groups in total. The first-order chi connectivity index (χ1) is 18.6. The number of alkyl carbamates (subject to hydrolysis) is 1. The van der Waals surface area contributed by atoms with Gasteiger partial charge in [0.1, 0.15) is 23.1 Å². The number of hydrogen-bond donors (Lipinski definition) is 3. The lowest BCUT2D eigenvalue weighted by Gasteiger charge is -2.50. The van der Waals surface area contributed by atoms with E-state index in [0.29, 0.717) is 41.6 Å². The molecule has 0 saturated heterocycles. The monoisotopic (exact) mass is 530 g/mol. The first-order valence-electron chi connectivity index (χ1n) is 14.4. The fourth-order valence-electron chi connectivity index (χ4n) is 6.66. The Labute approximate surface area is 232 Å². The standard InChI is InChI=1S/C31H42N6O2/c1-30(2,3)39-29(38)36-26-21-9-7-10-22(26)15-31(4,14-21)19-35-27-24(16-32)18-34-28(37-27)33-17-23-8-5-6-11-25(23)20-12-13-20/h5-6,8,11,18,20-22,26H,7,9-10,12-15,17,19H2,1-4H3,(H,36,38)(H2,33,34,35,37)/t21-,22+,26-,31?. The second-order valence-electron chi connectivity index (χ2n) is 13.1. The Bertz CT molecular complexity index is 1210. The fraction of sp³-hybridized carbons (Fsp3) is 0.613. The molecule has 1 unspecified atom stereocenters. The smallest absolute Gasteiger partial charge is 0.407 e. The molecule has 2 bridgehead atoms. The number of anilines is 2. The van der Waals surface area contributed by atoms with Crippen molar-refractivity contribution in [1.29, 1.82) is 5.26 Å². The zero-order chi connectivity index (χ0) is 27.6. The molecule has 2 aromatic rings. The van der Waals surface area contributed by atoms with Crippen molar-refractivity contribution >= 4 is 17.9 Å². The van der Waals surface area contributed by atoms with Gasteiger partial charge < -0.3 is 20.7 Å². The van der Waals surface area contributed by atoms with Crippen LogP contribution in [0.15, 0.2) is 30.5 Å². The van der Waals surface area contributed by atoms with Crippen LogP contribution in [-0.2, 0) is 11.3 Å². The van der Waals surface area contributed by atoms with E-state index >= 15 is 0 Å². The minimum atomic E-state index is -0.503. The van der Waals surface area contributed by atoms with Crippen molar-refractivity contribution in [3.63, 3.8) is 0 Å². The Kier molecular flexibility index (Phi) is 7.70. The lowest BCUT2D eigenvalue weighted by Crippen LogP contribution is -2.55. The van der Waals surface area contributed by atoms with Crippen LogP contribution in [-0.4, -0.2) is 34.2 Å². The first kappa shape index (κ1) is 27.2. The van der Waals surface area contributed by atoms with Gasteiger partial charge in [0, 0.05) is 19.1 Å². The molecule has 3 saturated carbocycles. The lowest BCUT2D eigenvalue weighted by atomic mass is 9.59. The fourth-order valence-corrected chi connectivity index (χ4v) is 6.66. The molecule has 208 valence electrons. The van der Waals surface area contributed by atoms with Gasteiger partial charge in [-0.15, -0.1) is 0 Å². The van der Waals surface area contributed by atoms with Crippen LogP contribution in [0.25, 0.3) is 0 Å². The molecule has 3 aliphatic carbocycles. The summed E-state index contributed by atoms with van der Waals surface area (Å²) in [6.07, 6.45) is 9.25. The molecular formula is C31H42N6O2. The van der Waals surface area contributed by atoms with Crippen molar-refractivity contribution in [3.8, 4) is 6.07 Å². The minimum absolute atomic E-state index is 0.0380. The number of nitrogens with zero attached hydrogens (tertiary/aromatic N) is 3. The topological polar surface area (TPSA) is 112 Å². The van der Waals surface area contributed by atoms with Crippen LogP contribution in [0, 0.1) is 28.6 Å². The highest BCUT2D eigenvalue weighted by Crippen LogP contribution is 2.49. The van der Waals surface area contributed by atoms with Gasteiger partial charge in [0.2, 0.25) is 5.95 Å². The summed E-state index contributed by atoms with van der Waals surface area (Å²) < 4.78 is 5.56. The van der Waals surface area contributed by atoms with E-state index in [1.165, 1.54) is 30.4 Å². The number of rotatable bonds is 8. The number of ether oxygens (including phenoxy) is 1. The van der Waals surface area contributed by atoms with Gasteiger partial charge in [-0.3, -0.25) is 0 Å². The summed E-state index contributed by atoms with van der Waals surface area (Å²) in [5.74, 6) is 2.61. The minimum Gasteiger partial charge on any atom is -0.444 e. The number of amides is 1. The highest BCUT2D eigenvalue weighted by Gasteiger charge is 2.46. The van der Waals surface area contributed by atoms with E-state index in [4.69, 9.17) is 9.72 Å². The maximum atomic E-state index is 12.5. The van der Waals surface area contributed by atoms with E-state index < -0.39 is 5.60 Å². The van der Waals surface area contributed by atoms with Gasteiger partial charge in [0.25, 0.3) is 0 Å². The summed E-state index contributed by atoms with van der Waals surface area (Å²) >= 11 is 0. The lowest BCUT2D eigenvalue weighted by molar-refractivity contribution is 0.0155. The highest BCUT2D eigenvalue weighted by atomic mass is 16.6. The van der Waals surface area contributed by atoms with Crippen LogP contribution < -0.4 is 16.0 Å². The van der Waals surface area contributed by atoms with Crippen LogP contribution in [0.4, 0.5) is 16.6 Å². The third kappa shape index (κ3) is 6.81. The third-order valence-corrected chi connectivity index (χ3v) is 8.46. The Morgan fingerprint density at radius 1 is 1.13 bits per heavy atom. The number of nitriles is 1. The molecule has 0 radical (unpaired) electrons. The summed E-state index contributed by atoms with van der Waals surface area (Å²) in [5, 5.41) is 19.8. The van der Waals surface area contributed by atoms with Crippen molar-refractivity contribution < 1.29 is 9.53 Å². The highest BCUT2D eigenvalue weighted by molar-refractivity contribution is 5.68. The van der Waals surface area contributed by atoms with E-state index in [2.05, 4.69) is 58.2 Å². The number of carbonyl (C=O) groups excluding carboxylic acids is 1. The first-order valence-corrected chi connectivity index (χ1v) is 14.4. The zero-order valence-electron chi connectivity index (χ0n) is 23.7. The van der Waals surface area contributed by atoms with Gasteiger partial charge in [-0.2, -0.15) is 10.2 Å². The zero-order valence-corrected chi connectivity index (χ0v) is 23.7. The summed E-state index contributed by atoms with van der Waals surface area (Å²) in [6.45, 7) is 9.38. The van der Waals surface area contributed by atoms with Gasteiger partial charge in [-0.1, -0.05) is 37.6 Å². The molecule has 39 heavy (non-hydrogen) atoms. The number of aromatic nitrogens is 2. The van der Waals surface area contributed by atoms with Crippen LogP contribution in [0.5, 0.6) is 0 Å². The maximum Gasteiger partial charge on any atom is 0.407 e. The normalized spacial score (nSPS) is 26.3. The van der Waals surface area contributed by atoms with Crippen molar-refractivity contribution in [3.05, 3.63) is 47.2 Å². The molecule has 3 aliphatic rings. The molecule has 5 rings (SSSR count). The molecule has 1 aromatic heterocycles. The molecule has 8 nitrogen and oxygen atoms in total. The number of nitrogens with one attached hydrogen (secondary N) is 3. The number of hydrogen-bond acceptors (Lipinski definition) is 7. The number of carbonyl (C=O) groups is 1. The SMILES string of the molecule is CC1(CNc2nc(NCc3ccccc3C3CC3)ncc2C#N)C[C@H]2CCC[C@@H](C1)[C@@H]2NC(=O)OC(C)(C)C. The summed E-state index contributed by atoms with van der Waals surface area (Å²) in [5.41, 5.74) is 2.67. The van der Waals surface area contributed by atoms with Crippen LogP contribution in [0.1, 0.15) is 95.2 Å². The van der Waals surface area contributed by atoms with Crippen molar-refractivity contribution in [2.45, 2.75) is 96.7 Å². The van der Waals surface area contributed by atoms with Gasteiger partial charge >= 0.3 is 6.09 Å². The van der Waals surface area contributed by atoms with Crippen molar-refractivity contribution in [2.75, 3.05) is 17.2 Å². The van der Waals surface area contributed by atoms with Crippen LogP contribution in [0.3, 0.4) is 0 Å². The molecule has 4 atom stereocenters. The van der Waals surface area contributed by atoms with E-state index in [9.17, 15) is 10.1 Å². The van der Waals surface area contributed by atoms with E-state index in [-0.39, 0.29) is 17.6 Å². The molecule has 3 fully saturated rings. The Morgan fingerprint density at radius 2 is 1.85 bits per heavy atom.